The number of rotatable bonds is 2. The molecule has 2 aromatic carbocycles. The molecular weight excluding hydrogens is 328 g/mol. The zero-order valence-electron chi connectivity index (χ0n) is 14.9. The molecule has 0 atom stereocenters. The van der Waals surface area contributed by atoms with Crippen molar-refractivity contribution in [1.82, 2.24) is 9.80 Å². The van der Waals surface area contributed by atoms with Crippen molar-refractivity contribution in [3.63, 3.8) is 0 Å². The van der Waals surface area contributed by atoms with E-state index < -0.39 is 0 Å². The first-order valence-corrected chi connectivity index (χ1v) is 9.62. The Morgan fingerprint density at radius 2 is 1.48 bits per heavy atom. The Bertz CT molecular complexity index is 735. The molecule has 4 rings (SSSR count). The Labute approximate surface area is 154 Å². The van der Waals surface area contributed by atoms with Crippen LogP contribution in [0.5, 0.6) is 0 Å². The molecular formula is C20H24N4S. The zero-order valence-corrected chi connectivity index (χ0v) is 15.7. The van der Waals surface area contributed by atoms with Gasteiger partial charge in [0.05, 0.1) is 18.0 Å². The lowest BCUT2D eigenvalue weighted by molar-refractivity contribution is 0.158. The van der Waals surface area contributed by atoms with Gasteiger partial charge in [-0.1, -0.05) is 36.0 Å². The molecule has 0 aromatic heterocycles. The quantitative estimate of drug-likeness (QED) is 0.603. The lowest BCUT2D eigenvalue weighted by Gasteiger charge is -2.34. The van der Waals surface area contributed by atoms with Crippen LogP contribution in [0.25, 0.3) is 0 Å². The van der Waals surface area contributed by atoms with Crippen LogP contribution in [0, 0.1) is 0 Å². The third-order valence-corrected chi connectivity index (χ3v) is 5.98. The van der Waals surface area contributed by atoms with Crippen LogP contribution in [0.15, 0.2) is 63.3 Å². The summed E-state index contributed by atoms with van der Waals surface area (Å²) in [6.07, 6.45) is 0. The molecule has 2 aliphatic rings. The maximum absolute atomic E-state index is 4.94. The number of piperazine rings is 1. The Hall–Kier alpha value is -1.82. The van der Waals surface area contributed by atoms with E-state index in [1.807, 2.05) is 11.8 Å². The minimum absolute atomic E-state index is 0.771. The summed E-state index contributed by atoms with van der Waals surface area (Å²) >= 11 is 1.84. The molecule has 1 saturated heterocycles. The van der Waals surface area contributed by atoms with Gasteiger partial charge in [0.15, 0.2) is 0 Å². The van der Waals surface area contributed by atoms with Crippen LogP contribution < -0.4 is 4.90 Å². The van der Waals surface area contributed by atoms with E-state index in [2.05, 4.69) is 77.2 Å². The van der Waals surface area contributed by atoms with Crippen LogP contribution in [0.2, 0.25) is 0 Å². The molecule has 25 heavy (non-hydrogen) atoms. The summed E-state index contributed by atoms with van der Waals surface area (Å²) in [5.41, 5.74) is 2.46. The second kappa shape index (κ2) is 7.20. The van der Waals surface area contributed by atoms with Crippen LogP contribution in [0.4, 0.5) is 11.4 Å². The molecule has 2 heterocycles. The van der Waals surface area contributed by atoms with E-state index in [1.54, 1.807) is 0 Å². The van der Waals surface area contributed by atoms with Crippen LogP contribution in [-0.4, -0.2) is 55.5 Å². The molecule has 0 N–H and O–H groups in total. The third-order valence-electron chi connectivity index (χ3n) is 4.85. The van der Waals surface area contributed by atoms with E-state index in [-0.39, 0.29) is 0 Å². The number of para-hydroxylation sites is 2. The van der Waals surface area contributed by atoms with E-state index in [9.17, 15) is 0 Å². The molecule has 0 aliphatic carbocycles. The molecule has 0 spiro atoms. The summed E-state index contributed by atoms with van der Waals surface area (Å²) in [5, 5.41) is 0. The molecule has 2 aromatic rings. The fraction of sp³-hybridized carbons (Fsp3) is 0.350. The van der Waals surface area contributed by atoms with Crippen molar-refractivity contribution >= 4 is 29.0 Å². The number of benzene rings is 2. The van der Waals surface area contributed by atoms with Crippen LogP contribution in [-0.2, 0) is 0 Å². The number of amidine groups is 1. The van der Waals surface area contributed by atoms with E-state index in [0.717, 1.165) is 38.7 Å². The Kier molecular flexibility index (Phi) is 4.79. The number of hydrogen-bond acceptors (Lipinski definition) is 4. The Morgan fingerprint density at radius 3 is 2.08 bits per heavy atom. The first kappa shape index (κ1) is 16.6. The molecule has 4 nitrogen and oxygen atoms in total. The fourth-order valence-electron chi connectivity index (χ4n) is 3.32. The first-order chi connectivity index (χ1) is 12.2. The fourth-order valence-corrected chi connectivity index (χ4v) is 4.37. The van der Waals surface area contributed by atoms with Gasteiger partial charge >= 0.3 is 0 Å². The van der Waals surface area contributed by atoms with E-state index in [0.29, 0.717) is 0 Å². The summed E-state index contributed by atoms with van der Waals surface area (Å²) in [4.78, 5) is 14.6. The molecule has 130 valence electrons. The molecule has 0 radical (unpaired) electrons. The number of anilines is 2. The van der Waals surface area contributed by atoms with Crippen molar-refractivity contribution in [2.24, 2.45) is 4.99 Å². The minimum atomic E-state index is 0.771. The highest BCUT2D eigenvalue weighted by Gasteiger charge is 2.24. The van der Waals surface area contributed by atoms with E-state index in [1.165, 1.54) is 21.2 Å². The predicted molar refractivity (Wildman–Crippen MR) is 106 cm³/mol. The van der Waals surface area contributed by atoms with Gasteiger partial charge < -0.3 is 4.90 Å². The van der Waals surface area contributed by atoms with Crippen molar-refractivity contribution in [3.05, 3.63) is 48.5 Å². The largest absolute Gasteiger partial charge is 0.304 e. The summed E-state index contributed by atoms with van der Waals surface area (Å²) in [6.45, 7) is 7.33. The van der Waals surface area contributed by atoms with Crippen molar-refractivity contribution in [2.45, 2.75) is 16.7 Å². The van der Waals surface area contributed by atoms with Gasteiger partial charge in [0.2, 0.25) is 0 Å². The SMILES string of the molecule is CC(=NCN1CCN(C)CC1)N1c2ccccc2Sc2ccccc21. The van der Waals surface area contributed by atoms with Crippen molar-refractivity contribution in [3.8, 4) is 0 Å². The average Bonchev–Trinajstić information content (AvgIpc) is 2.65. The van der Waals surface area contributed by atoms with Crippen LogP contribution in [0.3, 0.4) is 0 Å². The lowest BCUT2D eigenvalue weighted by atomic mass is 10.2. The van der Waals surface area contributed by atoms with Crippen molar-refractivity contribution in [2.75, 3.05) is 44.8 Å². The van der Waals surface area contributed by atoms with Crippen LogP contribution in [0.1, 0.15) is 6.92 Å². The topological polar surface area (TPSA) is 22.1 Å². The third kappa shape index (κ3) is 3.45. The maximum Gasteiger partial charge on any atom is 0.106 e. The summed E-state index contributed by atoms with van der Waals surface area (Å²) < 4.78 is 0. The van der Waals surface area contributed by atoms with Gasteiger partial charge in [-0.3, -0.25) is 14.8 Å². The monoisotopic (exact) mass is 352 g/mol. The highest BCUT2D eigenvalue weighted by atomic mass is 32.2. The Morgan fingerprint density at radius 1 is 0.920 bits per heavy atom. The number of hydrogen-bond donors (Lipinski definition) is 0. The number of aliphatic imine (C=N–C) groups is 1. The van der Waals surface area contributed by atoms with E-state index in [4.69, 9.17) is 4.99 Å². The van der Waals surface area contributed by atoms with Gasteiger partial charge in [-0.15, -0.1) is 0 Å². The molecule has 1 fully saturated rings. The number of likely N-dealkylation sites (N-methyl/N-ethyl adjacent to an activating group) is 1. The first-order valence-electron chi connectivity index (χ1n) is 8.80. The van der Waals surface area contributed by atoms with Crippen molar-refractivity contribution in [1.29, 1.82) is 0 Å². The molecule has 0 unspecified atom stereocenters. The molecule has 0 saturated carbocycles. The summed E-state index contributed by atoms with van der Waals surface area (Å²) in [5.74, 6) is 1.05. The zero-order chi connectivity index (χ0) is 17.2. The van der Waals surface area contributed by atoms with Gasteiger partial charge in [-0.05, 0) is 38.2 Å². The van der Waals surface area contributed by atoms with Gasteiger partial charge in [0.25, 0.3) is 0 Å². The van der Waals surface area contributed by atoms with Crippen molar-refractivity contribution < 1.29 is 0 Å². The van der Waals surface area contributed by atoms with E-state index >= 15 is 0 Å². The smallest absolute Gasteiger partial charge is 0.106 e. The summed E-state index contributed by atoms with van der Waals surface area (Å²) in [7, 11) is 2.19. The number of fused-ring (bicyclic) bond motifs is 2. The highest BCUT2D eigenvalue weighted by Crippen LogP contribution is 2.47. The second-order valence-electron chi connectivity index (χ2n) is 6.64. The van der Waals surface area contributed by atoms with Gasteiger partial charge in [-0.25, -0.2) is 0 Å². The molecule has 5 heteroatoms. The lowest BCUT2D eigenvalue weighted by Crippen LogP contribution is -2.44. The molecule has 0 bridgehead atoms. The summed E-state index contributed by atoms with van der Waals surface area (Å²) in [6, 6.07) is 17.2. The normalized spacial score (nSPS) is 18.8. The highest BCUT2D eigenvalue weighted by molar-refractivity contribution is 7.99. The predicted octanol–water partition coefficient (Wildman–Crippen LogP) is 3.91. The molecule has 0 amide bonds. The Balaban J connectivity index is 1.61. The average molecular weight is 353 g/mol. The standard InChI is InChI=1S/C20H24N4S/c1-16(21-15-23-13-11-22(2)12-14-23)24-17-7-3-5-9-19(17)25-20-10-6-4-8-18(20)24/h3-10H,11-15H2,1-2H3. The second-order valence-corrected chi connectivity index (χ2v) is 7.72. The van der Waals surface area contributed by atoms with Gasteiger partial charge in [0.1, 0.15) is 5.84 Å². The van der Waals surface area contributed by atoms with Gasteiger partial charge in [0, 0.05) is 36.0 Å². The minimum Gasteiger partial charge on any atom is -0.304 e. The van der Waals surface area contributed by atoms with Crippen LogP contribution >= 0.6 is 11.8 Å². The number of nitrogens with zero attached hydrogens (tertiary/aromatic N) is 4. The molecule has 2 aliphatic heterocycles. The maximum atomic E-state index is 4.94. The van der Waals surface area contributed by atoms with Gasteiger partial charge in [-0.2, -0.15) is 0 Å².